The molecule has 1 amide bonds. The maximum atomic E-state index is 12.2. The van der Waals surface area contributed by atoms with Gasteiger partial charge in [0, 0.05) is 12.5 Å². The van der Waals surface area contributed by atoms with Crippen LogP contribution < -0.4 is 10.6 Å². The van der Waals surface area contributed by atoms with Crippen LogP contribution in [-0.4, -0.2) is 10.9 Å². The molecule has 2 aromatic rings. The van der Waals surface area contributed by atoms with Gasteiger partial charge in [0.2, 0.25) is 5.91 Å². The van der Waals surface area contributed by atoms with Crippen molar-refractivity contribution in [3.8, 4) is 0 Å². The van der Waals surface area contributed by atoms with E-state index in [0.29, 0.717) is 0 Å². The summed E-state index contributed by atoms with van der Waals surface area (Å²) in [6.45, 7) is 2.83. The molecule has 3 rings (SSSR count). The average Bonchev–Trinajstić information content (AvgIpc) is 2.62. The predicted octanol–water partition coefficient (Wildman–Crippen LogP) is 4.52. The molecule has 24 heavy (non-hydrogen) atoms. The highest BCUT2D eigenvalue weighted by Crippen LogP contribution is 2.25. The van der Waals surface area contributed by atoms with Gasteiger partial charge in [-0.1, -0.05) is 49.1 Å². The summed E-state index contributed by atoms with van der Waals surface area (Å²) in [6.07, 6.45) is 7.33. The molecule has 1 heterocycles. The zero-order valence-electron chi connectivity index (χ0n) is 14.2. The number of carbonyl (C=O) groups is 1. The molecule has 0 atom stereocenters. The molecule has 1 aliphatic rings. The average molecular weight is 323 g/mol. The molecule has 0 spiro atoms. The Morgan fingerprint density at radius 2 is 2.00 bits per heavy atom. The Kier molecular flexibility index (Phi) is 5.47. The third kappa shape index (κ3) is 4.57. The van der Waals surface area contributed by atoms with Crippen molar-refractivity contribution in [2.45, 2.75) is 45.6 Å². The van der Waals surface area contributed by atoms with Crippen LogP contribution in [0.3, 0.4) is 0 Å². The molecule has 4 nitrogen and oxygen atoms in total. The fraction of sp³-hybridized carbons (Fsp3) is 0.400. The number of benzene rings is 1. The molecule has 1 fully saturated rings. The Labute approximate surface area is 143 Å². The first kappa shape index (κ1) is 16.5. The summed E-state index contributed by atoms with van der Waals surface area (Å²) in [7, 11) is 0. The summed E-state index contributed by atoms with van der Waals surface area (Å²) < 4.78 is 0. The first-order valence-electron chi connectivity index (χ1n) is 8.77. The zero-order chi connectivity index (χ0) is 16.8. The second-order valence-electron chi connectivity index (χ2n) is 6.60. The number of nitrogens with zero attached hydrogens (tertiary/aromatic N) is 1. The van der Waals surface area contributed by atoms with E-state index in [2.05, 4.69) is 46.8 Å². The number of hydrogen-bond donors (Lipinski definition) is 2. The molecule has 1 saturated carbocycles. The molecule has 0 aliphatic heterocycles. The van der Waals surface area contributed by atoms with Crippen LogP contribution in [-0.2, 0) is 11.3 Å². The van der Waals surface area contributed by atoms with Gasteiger partial charge in [-0.25, -0.2) is 4.98 Å². The fourth-order valence-corrected chi connectivity index (χ4v) is 3.20. The van der Waals surface area contributed by atoms with Gasteiger partial charge in [-0.2, -0.15) is 0 Å². The van der Waals surface area contributed by atoms with Crippen LogP contribution in [0.25, 0.3) is 0 Å². The molecule has 126 valence electrons. The Morgan fingerprint density at radius 3 is 2.71 bits per heavy atom. The summed E-state index contributed by atoms with van der Waals surface area (Å²) >= 11 is 0. The normalized spacial score (nSPS) is 15.0. The van der Waals surface area contributed by atoms with E-state index in [4.69, 9.17) is 0 Å². The molecule has 1 aromatic heterocycles. The van der Waals surface area contributed by atoms with Gasteiger partial charge < -0.3 is 10.6 Å². The van der Waals surface area contributed by atoms with Crippen molar-refractivity contribution in [3.05, 3.63) is 53.7 Å². The summed E-state index contributed by atoms with van der Waals surface area (Å²) in [6, 6.07) is 12.2. The first-order chi connectivity index (χ1) is 11.7. The first-order valence-corrected chi connectivity index (χ1v) is 8.77. The van der Waals surface area contributed by atoms with E-state index in [-0.39, 0.29) is 11.8 Å². The maximum Gasteiger partial charge on any atom is 0.227 e. The Hall–Kier alpha value is -2.36. The number of hydrogen-bond acceptors (Lipinski definition) is 3. The van der Waals surface area contributed by atoms with Crippen molar-refractivity contribution in [1.82, 2.24) is 4.98 Å². The van der Waals surface area contributed by atoms with Gasteiger partial charge in [-0.15, -0.1) is 0 Å². The van der Waals surface area contributed by atoms with Crippen LogP contribution in [0.4, 0.5) is 11.5 Å². The molecule has 0 saturated heterocycles. The van der Waals surface area contributed by atoms with Crippen LogP contribution in [0.2, 0.25) is 0 Å². The number of nitrogens with one attached hydrogen (secondary N) is 2. The number of aryl methyl sites for hydroxylation is 1. The Balaban J connectivity index is 1.52. The molecule has 0 unspecified atom stereocenters. The summed E-state index contributed by atoms with van der Waals surface area (Å²) in [5, 5.41) is 6.30. The SMILES string of the molecule is Cc1cccc(CNc2ccc(NC(=O)C3CCCCC3)cn2)c1. The summed E-state index contributed by atoms with van der Waals surface area (Å²) in [4.78, 5) is 16.6. The van der Waals surface area contributed by atoms with Crippen LogP contribution in [0.1, 0.15) is 43.2 Å². The van der Waals surface area contributed by atoms with Gasteiger partial charge in [-0.05, 0) is 37.5 Å². The summed E-state index contributed by atoms with van der Waals surface area (Å²) in [5.41, 5.74) is 3.25. The van der Waals surface area contributed by atoms with Crippen LogP contribution in [0.15, 0.2) is 42.6 Å². The molecule has 0 bridgehead atoms. The number of amides is 1. The topological polar surface area (TPSA) is 54.0 Å². The Bertz CT molecular complexity index is 676. The third-order valence-electron chi connectivity index (χ3n) is 4.56. The quantitative estimate of drug-likeness (QED) is 0.850. The van der Waals surface area contributed by atoms with E-state index in [9.17, 15) is 4.79 Å². The van der Waals surface area contributed by atoms with E-state index >= 15 is 0 Å². The Morgan fingerprint density at radius 1 is 1.17 bits per heavy atom. The van der Waals surface area contributed by atoms with Gasteiger partial charge in [0.25, 0.3) is 0 Å². The van der Waals surface area contributed by atoms with Gasteiger partial charge in [-0.3, -0.25) is 4.79 Å². The lowest BCUT2D eigenvalue weighted by molar-refractivity contribution is -0.120. The number of carbonyl (C=O) groups excluding carboxylic acids is 1. The monoisotopic (exact) mass is 323 g/mol. The van der Waals surface area contributed by atoms with Crippen molar-refractivity contribution >= 4 is 17.4 Å². The number of rotatable bonds is 5. The highest BCUT2D eigenvalue weighted by atomic mass is 16.1. The minimum absolute atomic E-state index is 0.136. The van der Waals surface area contributed by atoms with Gasteiger partial charge in [0.1, 0.15) is 5.82 Å². The number of anilines is 2. The van der Waals surface area contributed by atoms with E-state index in [1.807, 2.05) is 12.1 Å². The van der Waals surface area contributed by atoms with E-state index < -0.39 is 0 Å². The second kappa shape index (κ2) is 7.95. The number of aromatic nitrogens is 1. The zero-order valence-corrected chi connectivity index (χ0v) is 14.2. The molecule has 1 aromatic carbocycles. The van der Waals surface area contributed by atoms with Crippen molar-refractivity contribution in [2.75, 3.05) is 10.6 Å². The van der Waals surface area contributed by atoms with Crippen molar-refractivity contribution < 1.29 is 4.79 Å². The van der Waals surface area contributed by atoms with Gasteiger partial charge >= 0.3 is 0 Å². The second-order valence-corrected chi connectivity index (χ2v) is 6.60. The molecule has 1 aliphatic carbocycles. The lowest BCUT2D eigenvalue weighted by Crippen LogP contribution is -2.24. The van der Waals surface area contributed by atoms with Crippen molar-refractivity contribution in [1.29, 1.82) is 0 Å². The molecule has 0 radical (unpaired) electrons. The number of pyridine rings is 1. The smallest absolute Gasteiger partial charge is 0.227 e. The predicted molar refractivity (Wildman–Crippen MR) is 97.9 cm³/mol. The van der Waals surface area contributed by atoms with Crippen LogP contribution in [0.5, 0.6) is 0 Å². The standard InChI is InChI=1S/C20H25N3O/c1-15-6-5-7-16(12-15)13-21-19-11-10-18(14-22-19)23-20(24)17-8-3-2-4-9-17/h5-7,10-12,14,17H,2-4,8-9,13H2,1H3,(H,21,22)(H,23,24). The van der Waals surface area contributed by atoms with E-state index in [0.717, 1.165) is 43.7 Å². The lowest BCUT2D eigenvalue weighted by atomic mass is 9.88. The van der Waals surface area contributed by atoms with Crippen LogP contribution in [0, 0.1) is 12.8 Å². The lowest BCUT2D eigenvalue weighted by Gasteiger charge is -2.20. The highest BCUT2D eigenvalue weighted by molar-refractivity contribution is 5.92. The maximum absolute atomic E-state index is 12.2. The van der Waals surface area contributed by atoms with Gasteiger partial charge in [0.15, 0.2) is 0 Å². The van der Waals surface area contributed by atoms with Gasteiger partial charge in [0.05, 0.1) is 11.9 Å². The molecular weight excluding hydrogens is 298 g/mol. The van der Waals surface area contributed by atoms with Crippen molar-refractivity contribution in [2.24, 2.45) is 5.92 Å². The summed E-state index contributed by atoms with van der Waals surface area (Å²) in [5.74, 6) is 1.11. The molecular formula is C20H25N3O. The fourth-order valence-electron chi connectivity index (χ4n) is 3.20. The minimum Gasteiger partial charge on any atom is -0.366 e. The molecule has 2 N–H and O–H groups in total. The molecule has 4 heteroatoms. The third-order valence-corrected chi connectivity index (χ3v) is 4.56. The van der Waals surface area contributed by atoms with E-state index in [1.54, 1.807) is 6.20 Å². The van der Waals surface area contributed by atoms with Crippen LogP contribution >= 0.6 is 0 Å². The van der Waals surface area contributed by atoms with Crippen molar-refractivity contribution in [3.63, 3.8) is 0 Å². The van der Waals surface area contributed by atoms with E-state index in [1.165, 1.54) is 17.5 Å². The highest BCUT2D eigenvalue weighted by Gasteiger charge is 2.20. The largest absolute Gasteiger partial charge is 0.366 e. The minimum atomic E-state index is 0.136.